The standard InChI is InChI=1S/C34H32N2O2S/c1-3-29(20-25-12-6-4-7-13-25)35-33(37)28-17-18-31-30(22-28)36(23-27-16-10-11-24(2)19-27)34(38)32(39-31)21-26-14-8-5-9-15-26/h4-19,21-22,29H,3,20,23H2,1-2H3,(H,35,37). The Morgan fingerprint density at radius 1 is 0.897 bits per heavy atom. The lowest BCUT2D eigenvalue weighted by molar-refractivity contribution is -0.114. The minimum atomic E-state index is -0.126. The van der Waals surface area contributed by atoms with Crippen LogP contribution in [0.3, 0.4) is 0 Å². The fourth-order valence-electron chi connectivity index (χ4n) is 4.77. The van der Waals surface area contributed by atoms with Crippen LogP contribution in [0.15, 0.2) is 113 Å². The molecule has 1 N–H and O–H groups in total. The van der Waals surface area contributed by atoms with Crippen molar-refractivity contribution in [2.45, 2.75) is 44.2 Å². The van der Waals surface area contributed by atoms with Crippen molar-refractivity contribution in [3.05, 3.63) is 136 Å². The molecule has 0 spiro atoms. The van der Waals surface area contributed by atoms with Gasteiger partial charge in [-0.15, -0.1) is 0 Å². The molecule has 0 saturated heterocycles. The number of thioether (sulfide) groups is 1. The van der Waals surface area contributed by atoms with Crippen LogP contribution in [-0.4, -0.2) is 17.9 Å². The first-order valence-electron chi connectivity index (χ1n) is 13.3. The lowest BCUT2D eigenvalue weighted by atomic mass is 10.0. The van der Waals surface area contributed by atoms with E-state index < -0.39 is 0 Å². The Kier molecular flexibility index (Phi) is 8.28. The van der Waals surface area contributed by atoms with Gasteiger partial charge in [-0.25, -0.2) is 0 Å². The Balaban J connectivity index is 1.45. The van der Waals surface area contributed by atoms with Crippen LogP contribution in [0.25, 0.3) is 6.08 Å². The van der Waals surface area contributed by atoms with Gasteiger partial charge in [-0.2, -0.15) is 0 Å². The molecule has 2 amide bonds. The van der Waals surface area contributed by atoms with Gasteiger partial charge in [-0.05, 0) is 60.7 Å². The predicted octanol–water partition coefficient (Wildman–Crippen LogP) is 7.43. The summed E-state index contributed by atoms with van der Waals surface area (Å²) >= 11 is 1.46. The van der Waals surface area contributed by atoms with Crippen LogP contribution in [0, 0.1) is 6.92 Å². The van der Waals surface area contributed by atoms with Gasteiger partial charge >= 0.3 is 0 Å². The highest BCUT2D eigenvalue weighted by atomic mass is 32.2. The molecule has 1 aliphatic rings. The highest BCUT2D eigenvalue weighted by molar-refractivity contribution is 8.04. The number of hydrogen-bond donors (Lipinski definition) is 1. The molecule has 1 unspecified atom stereocenters. The SMILES string of the molecule is CCC(Cc1ccccc1)NC(=O)c1ccc2c(c1)N(Cc1cccc(C)c1)C(=O)C(=Cc1ccccc1)S2. The van der Waals surface area contributed by atoms with Crippen molar-refractivity contribution >= 4 is 35.3 Å². The summed E-state index contributed by atoms with van der Waals surface area (Å²) in [7, 11) is 0. The first kappa shape index (κ1) is 26.5. The van der Waals surface area contributed by atoms with E-state index in [1.807, 2.05) is 97.9 Å². The number of benzene rings is 4. The van der Waals surface area contributed by atoms with E-state index in [0.717, 1.165) is 40.1 Å². The molecular formula is C34H32N2O2S. The van der Waals surface area contributed by atoms with E-state index in [1.54, 1.807) is 4.90 Å². The fourth-order valence-corrected chi connectivity index (χ4v) is 5.81. The largest absolute Gasteiger partial charge is 0.349 e. The minimum absolute atomic E-state index is 0.0238. The number of amides is 2. The van der Waals surface area contributed by atoms with E-state index in [2.05, 4.69) is 30.4 Å². The van der Waals surface area contributed by atoms with Gasteiger partial charge in [-0.3, -0.25) is 9.59 Å². The molecule has 4 aromatic rings. The van der Waals surface area contributed by atoms with E-state index >= 15 is 0 Å². The van der Waals surface area contributed by atoms with Crippen LogP contribution >= 0.6 is 11.8 Å². The van der Waals surface area contributed by atoms with Gasteiger partial charge in [0.1, 0.15) is 0 Å². The van der Waals surface area contributed by atoms with Crippen LogP contribution in [0.4, 0.5) is 5.69 Å². The smallest absolute Gasteiger partial charge is 0.265 e. The maximum Gasteiger partial charge on any atom is 0.265 e. The van der Waals surface area contributed by atoms with Gasteiger partial charge in [0, 0.05) is 16.5 Å². The third-order valence-corrected chi connectivity index (χ3v) is 7.94. The molecule has 39 heavy (non-hydrogen) atoms. The zero-order valence-corrected chi connectivity index (χ0v) is 23.1. The molecule has 1 aliphatic heterocycles. The first-order chi connectivity index (χ1) is 19.0. The van der Waals surface area contributed by atoms with Crippen molar-refractivity contribution in [2.24, 2.45) is 0 Å². The quantitative estimate of drug-likeness (QED) is 0.240. The van der Waals surface area contributed by atoms with E-state index in [-0.39, 0.29) is 17.9 Å². The topological polar surface area (TPSA) is 49.4 Å². The third-order valence-electron chi connectivity index (χ3n) is 6.86. The Morgan fingerprint density at radius 2 is 1.62 bits per heavy atom. The third kappa shape index (κ3) is 6.50. The van der Waals surface area contributed by atoms with Gasteiger partial charge in [0.2, 0.25) is 0 Å². The number of nitrogens with zero attached hydrogens (tertiary/aromatic N) is 1. The maximum atomic E-state index is 13.8. The van der Waals surface area contributed by atoms with Crippen molar-refractivity contribution in [1.29, 1.82) is 0 Å². The van der Waals surface area contributed by atoms with E-state index in [9.17, 15) is 9.59 Å². The maximum absolute atomic E-state index is 13.8. The molecule has 0 fully saturated rings. The van der Waals surface area contributed by atoms with Gasteiger partial charge in [0.05, 0.1) is 17.1 Å². The molecule has 4 aromatic carbocycles. The predicted molar refractivity (Wildman–Crippen MR) is 161 cm³/mol. The van der Waals surface area contributed by atoms with E-state index in [1.165, 1.54) is 17.3 Å². The van der Waals surface area contributed by atoms with Crippen molar-refractivity contribution in [2.75, 3.05) is 4.90 Å². The van der Waals surface area contributed by atoms with Crippen LogP contribution in [0.1, 0.15) is 46.0 Å². The second-order valence-corrected chi connectivity index (χ2v) is 10.9. The number of carbonyl (C=O) groups is 2. The molecule has 0 saturated carbocycles. The Bertz CT molecular complexity index is 1500. The lowest BCUT2D eigenvalue weighted by Crippen LogP contribution is -2.37. The summed E-state index contributed by atoms with van der Waals surface area (Å²) < 4.78 is 0. The van der Waals surface area contributed by atoms with Crippen molar-refractivity contribution in [1.82, 2.24) is 5.32 Å². The van der Waals surface area contributed by atoms with Gasteiger partial charge < -0.3 is 10.2 Å². The summed E-state index contributed by atoms with van der Waals surface area (Å²) in [5, 5.41) is 3.20. The van der Waals surface area contributed by atoms with Crippen LogP contribution in [0.5, 0.6) is 0 Å². The molecule has 0 aromatic heterocycles. The monoisotopic (exact) mass is 532 g/mol. The summed E-state index contributed by atoms with van der Waals surface area (Å²) in [5.41, 5.74) is 5.68. The van der Waals surface area contributed by atoms with Crippen LogP contribution < -0.4 is 10.2 Å². The Hall–Kier alpha value is -4.09. The molecule has 196 valence electrons. The summed E-state index contributed by atoms with van der Waals surface area (Å²) in [4.78, 5) is 30.6. The zero-order chi connectivity index (χ0) is 27.2. The molecule has 0 aliphatic carbocycles. The molecule has 5 heteroatoms. The zero-order valence-electron chi connectivity index (χ0n) is 22.3. The van der Waals surface area contributed by atoms with Gasteiger partial charge in [-0.1, -0.05) is 109 Å². The molecule has 1 heterocycles. The molecule has 1 atom stereocenters. The number of carbonyl (C=O) groups excluding carboxylic acids is 2. The highest BCUT2D eigenvalue weighted by Gasteiger charge is 2.30. The number of hydrogen-bond acceptors (Lipinski definition) is 3. The normalized spacial score (nSPS) is 14.7. The highest BCUT2D eigenvalue weighted by Crippen LogP contribution is 2.43. The fraction of sp³-hybridized carbons (Fsp3) is 0.176. The number of aryl methyl sites for hydroxylation is 1. The van der Waals surface area contributed by atoms with Crippen molar-refractivity contribution in [3.63, 3.8) is 0 Å². The second kappa shape index (κ2) is 12.2. The molecule has 4 nitrogen and oxygen atoms in total. The summed E-state index contributed by atoms with van der Waals surface area (Å²) in [5.74, 6) is -0.190. The summed E-state index contributed by atoms with van der Waals surface area (Å²) in [6, 6.07) is 34.0. The number of fused-ring (bicyclic) bond motifs is 1. The summed E-state index contributed by atoms with van der Waals surface area (Å²) in [6.07, 6.45) is 3.54. The Morgan fingerprint density at radius 3 is 2.33 bits per heavy atom. The summed E-state index contributed by atoms with van der Waals surface area (Å²) in [6.45, 7) is 4.56. The molecule has 0 bridgehead atoms. The molecular weight excluding hydrogens is 500 g/mol. The van der Waals surface area contributed by atoms with Crippen molar-refractivity contribution < 1.29 is 9.59 Å². The van der Waals surface area contributed by atoms with Crippen LogP contribution in [0.2, 0.25) is 0 Å². The lowest BCUT2D eigenvalue weighted by Gasteiger charge is -2.31. The molecule has 5 rings (SSSR count). The van der Waals surface area contributed by atoms with E-state index in [4.69, 9.17) is 0 Å². The number of nitrogens with one attached hydrogen (secondary N) is 1. The van der Waals surface area contributed by atoms with Gasteiger partial charge in [0.15, 0.2) is 0 Å². The number of anilines is 1. The number of rotatable bonds is 8. The average Bonchev–Trinajstić information content (AvgIpc) is 2.96. The molecule has 0 radical (unpaired) electrons. The Labute approximate surface area is 234 Å². The van der Waals surface area contributed by atoms with Gasteiger partial charge in [0.25, 0.3) is 11.8 Å². The first-order valence-corrected chi connectivity index (χ1v) is 14.1. The second-order valence-electron chi connectivity index (χ2n) is 9.85. The van der Waals surface area contributed by atoms with Crippen molar-refractivity contribution in [3.8, 4) is 0 Å². The average molecular weight is 533 g/mol. The van der Waals surface area contributed by atoms with E-state index in [0.29, 0.717) is 17.0 Å². The minimum Gasteiger partial charge on any atom is -0.349 e. The van der Waals surface area contributed by atoms with Crippen LogP contribution in [-0.2, 0) is 17.8 Å².